The molecule has 0 radical (unpaired) electrons. The Bertz CT molecular complexity index is 1530. The third-order valence-corrected chi connectivity index (χ3v) is 8.86. The minimum absolute atomic E-state index is 0.144. The molecule has 1 aromatic heterocycles. The van der Waals surface area contributed by atoms with E-state index in [-0.39, 0.29) is 28.6 Å². The normalized spacial score (nSPS) is 12.1. The van der Waals surface area contributed by atoms with Crippen LogP contribution in [0.3, 0.4) is 0 Å². The maximum Gasteiger partial charge on any atom is 0.472 e. The van der Waals surface area contributed by atoms with Crippen molar-refractivity contribution in [2.45, 2.75) is 84.0 Å². The summed E-state index contributed by atoms with van der Waals surface area (Å²) in [5, 5.41) is 0.969. The molecule has 0 bridgehead atoms. The Labute approximate surface area is 246 Å². The lowest BCUT2D eigenvalue weighted by molar-refractivity contribution is -0.602. The maximum atomic E-state index is 12.6. The van der Waals surface area contributed by atoms with Crippen molar-refractivity contribution in [3.63, 3.8) is 0 Å². The molecule has 0 atom stereocenters. The summed E-state index contributed by atoms with van der Waals surface area (Å²) in [5.41, 5.74) is 7.05. The lowest BCUT2D eigenvalue weighted by atomic mass is 9.92. The second kappa shape index (κ2) is 12.1. The quantitative estimate of drug-likeness (QED) is 0.179. The summed E-state index contributed by atoms with van der Waals surface area (Å²) in [6.07, 6.45) is 4.13. The molecule has 0 N–H and O–H groups in total. The smallest absolute Gasteiger partial charge is 0.391 e. The lowest BCUT2D eigenvalue weighted by Crippen LogP contribution is -2.34. The van der Waals surface area contributed by atoms with E-state index in [1.807, 2.05) is 0 Å². The van der Waals surface area contributed by atoms with Gasteiger partial charge in [0.15, 0.2) is 9.84 Å². The number of aromatic nitrogens is 2. The van der Waals surface area contributed by atoms with E-state index in [2.05, 4.69) is 120 Å². The lowest BCUT2D eigenvalue weighted by Gasteiger charge is -2.19. The van der Waals surface area contributed by atoms with Crippen LogP contribution in [-0.2, 0) is 9.84 Å². The fourth-order valence-corrected chi connectivity index (χ4v) is 6.05. The number of imidazole rings is 1. The van der Waals surface area contributed by atoms with Gasteiger partial charge >= 0.3 is 6.01 Å². The van der Waals surface area contributed by atoms with E-state index in [9.17, 15) is 8.42 Å². The molecule has 216 valence electrons. The van der Waals surface area contributed by atoms with Gasteiger partial charge < -0.3 is 4.74 Å². The van der Waals surface area contributed by atoms with E-state index in [1.165, 1.54) is 22.3 Å². The Hall–Kier alpha value is -3.64. The molecular formula is C35H43N2O3S+. The van der Waals surface area contributed by atoms with Gasteiger partial charge in [0, 0.05) is 33.7 Å². The van der Waals surface area contributed by atoms with Crippen molar-refractivity contribution in [3.8, 4) is 23.1 Å². The number of hydrogen-bond acceptors (Lipinski definition) is 3. The molecule has 0 aliphatic rings. The van der Waals surface area contributed by atoms with Crippen LogP contribution in [0.2, 0.25) is 0 Å². The third-order valence-electron chi connectivity index (χ3n) is 7.51. The van der Waals surface area contributed by atoms with Gasteiger partial charge in [0.1, 0.15) is 29.5 Å². The van der Waals surface area contributed by atoms with E-state index in [0.29, 0.717) is 11.8 Å². The molecular weight excluding hydrogens is 528 g/mol. The standard InChI is InChI=1S/C35H43N2O3S/c1-10-41(38,39)28-15-11-14-27(22-28)40-35-36(33-29(23(2)3)16-12-17-30(33)24(4)5)20-21-37(35)34-31(25(6)7)18-13-19-32(34)26(8)9/h10-26H,1H2,2-9H3/q+1. The molecule has 6 heteroatoms. The molecule has 0 saturated carbocycles. The van der Waals surface area contributed by atoms with Crippen LogP contribution in [0.25, 0.3) is 11.4 Å². The topological polar surface area (TPSA) is 52.2 Å². The second-order valence-electron chi connectivity index (χ2n) is 11.8. The molecule has 1 heterocycles. The van der Waals surface area contributed by atoms with Crippen molar-refractivity contribution in [1.29, 1.82) is 0 Å². The number of sulfone groups is 1. The summed E-state index contributed by atoms with van der Waals surface area (Å²) in [4.78, 5) is 0.144. The van der Waals surface area contributed by atoms with Crippen molar-refractivity contribution < 1.29 is 17.7 Å². The van der Waals surface area contributed by atoms with Crippen molar-refractivity contribution in [2.24, 2.45) is 0 Å². The molecule has 0 aliphatic carbocycles. The average molecular weight is 572 g/mol. The molecule has 4 aromatic rings. The highest BCUT2D eigenvalue weighted by atomic mass is 32.2. The van der Waals surface area contributed by atoms with Gasteiger partial charge in [-0.05, 0) is 35.8 Å². The van der Waals surface area contributed by atoms with E-state index in [4.69, 9.17) is 4.74 Å². The Balaban J connectivity index is 2.09. The molecule has 3 aromatic carbocycles. The highest BCUT2D eigenvalue weighted by molar-refractivity contribution is 7.94. The van der Waals surface area contributed by atoms with Gasteiger partial charge in [-0.15, -0.1) is 0 Å². The summed E-state index contributed by atoms with van der Waals surface area (Å²) >= 11 is 0. The number of ether oxygens (including phenoxy) is 1. The maximum absolute atomic E-state index is 12.6. The summed E-state index contributed by atoms with van der Waals surface area (Å²) in [5.74, 6) is 1.55. The minimum Gasteiger partial charge on any atom is -0.391 e. The van der Waals surface area contributed by atoms with E-state index < -0.39 is 9.84 Å². The number of hydrogen-bond donors (Lipinski definition) is 0. The molecule has 0 fully saturated rings. The second-order valence-corrected chi connectivity index (χ2v) is 13.7. The zero-order valence-electron chi connectivity index (χ0n) is 25.5. The Morgan fingerprint density at radius 1 is 0.756 bits per heavy atom. The monoisotopic (exact) mass is 571 g/mol. The van der Waals surface area contributed by atoms with Crippen LogP contribution in [-0.4, -0.2) is 13.0 Å². The number of nitrogens with zero attached hydrogens (tertiary/aromatic N) is 2. The zero-order valence-corrected chi connectivity index (χ0v) is 26.4. The Morgan fingerprint density at radius 2 is 1.24 bits per heavy atom. The molecule has 0 aliphatic heterocycles. The first-order valence-electron chi connectivity index (χ1n) is 14.4. The molecule has 5 nitrogen and oxygen atoms in total. The molecule has 0 saturated heterocycles. The highest BCUT2D eigenvalue weighted by Crippen LogP contribution is 2.36. The van der Waals surface area contributed by atoms with Crippen molar-refractivity contribution in [3.05, 3.63) is 107 Å². The zero-order chi connectivity index (χ0) is 30.1. The number of rotatable bonds is 10. The van der Waals surface area contributed by atoms with Gasteiger partial charge in [-0.3, -0.25) is 0 Å². The number of para-hydroxylation sites is 2. The van der Waals surface area contributed by atoms with Crippen molar-refractivity contribution in [1.82, 2.24) is 4.57 Å². The fraction of sp³-hybridized carbons (Fsp3) is 0.343. The molecule has 4 rings (SSSR count). The van der Waals surface area contributed by atoms with E-state index in [0.717, 1.165) is 16.8 Å². The van der Waals surface area contributed by atoms with Crippen LogP contribution in [0.5, 0.6) is 11.8 Å². The van der Waals surface area contributed by atoms with Gasteiger partial charge in [0.05, 0.1) is 4.90 Å². The van der Waals surface area contributed by atoms with Gasteiger partial charge in [0.2, 0.25) is 0 Å². The van der Waals surface area contributed by atoms with Gasteiger partial charge in [-0.1, -0.05) is 104 Å². The Morgan fingerprint density at radius 3 is 1.73 bits per heavy atom. The average Bonchev–Trinajstić information content (AvgIpc) is 3.34. The van der Waals surface area contributed by atoms with Crippen molar-refractivity contribution >= 4 is 9.84 Å². The number of benzene rings is 3. The Kier molecular flexibility index (Phi) is 8.93. The summed E-state index contributed by atoms with van der Waals surface area (Å²) in [6.45, 7) is 21.1. The summed E-state index contributed by atoms with van der Waals surface area (Å²) in [6, 6.07) is 20.2. The first-order chi connectivity index (χ1) is 19.4. The van der Waals surface area contributed by atoms with Crippen LogP contribution in [0, 0.1) is 0 Å². The predicted molar refractivity (Wildman–Crippen MR) is 168 cm³/mol. The van der Waals surface area contributed by atoms with Crippen LogP contribution in [0.15, 0.2) is 89.9 Å². The first-order valence-corrected chi connectivity index (χ1v) is 16.0. The predicted octanol–water partition coefficient (Wildman–Crippen LogP) is 8.96. The van der Waals surface area contributed by atoms with Crippen LogP contribution < -0.4 is 9.30 Å². The van der Waals surface area contributed by atoms with Crippen LogP contribution >= 0.6 is 0 Å². The van der Waals surface area contributed by atoms with Gasteiger partial charge in [0.25, 0.3) is 0 Å². The first kappa shape index (κ1) is 30.3. The minimum atomic E-state index is -3.63. The fourth-order valence-electron chi connectivity index (χ4n) is 5.31. The highest BCUT2D eigenvalue weighted by Gasteiger charge is 2.32. The van der Waals surface area contributed by atoms with E-state index in [1.54, 1.807) is 24.3 Å². The SMILES string of the molecule is C=CS(=O)(=O)c1cccc(Oc2n(-c3c(C(C)C)cccc3C(C)C)cc[n+]2-c2c(C(C)C)cccc2C(C)C)c1. The molecule has 0 amide bonds. The summed E-state index contributed by atoms with van der Waals surface area (Å²) < 4.78 is 36.2. The van der Waals surface area contributed by atoms with E-state index >= 15 is 0 Å². The van der Waals surface area contributed by atoms with Gasteiger partial charge in [-0.2, -0.15) is 9.13 Å². The van der Waals surface area contributed by atoms with Crippen LogP contribution in [0.1, 0.15) is 101 Å². The molecule has 0 unspecified atom stereocenters. The molecule has 0 spiro atoms. The van der Waals surface area contributed by atoms with Crippen molar-refractivity contribution in [2.75, 3.05) is 0 Å². The summed E-state index contributed by atoms with van der Waals surface area (Å²) in [7, 11) is -3.63. The molecule has 41 heavy (non-hydrogen) atoms. The van der Waals surface area contributed by atoms with Crippen LogP contribution in [0.4, 0.5) is 0 Å². The van der Waals surface area contributed by atoms with Gasteiger partial charge in [-0.25, -0.2) is 8.42 Å². The largest absolute Gasteiger partial charge is 0.472 e. The third kappa shape index (κ3) is 6.03.